The van der Waals surface area contributed by atoms with Crippen LogP contribution in [0.4, 0.5) is 10.5 Å². The van der Waals surface area contributed by atoms with Crippen molar-refractivity contribution in [2.24, 2.45) is 14.1 Å². The van der Waals surface area contributed by atoms with E-state index < -0.39 is 34.8 Å². The second-order valence-corrected chi connectivity index (χ2v) is 13.2. The summed E-state index contributed by atoms with van der Waals surface area (Å²) < 4.78 is 20.9. The summed E-state index contributed by atoms with van der Waals surface area (Å²) in [5.41, 5.74) is 0.620. The van der Waals surface area contributed by atoms with Crippen LogP contribution in [0.3, 0.4) is 0 Å². The van der Waals surface area contributed by atoms with Gasteiger partial charge in [-0.05, 0) is 84.4 Å². The molecule has 0 aliphatic carbocycles. The van der Waals surface area contributed by atoms with E-state index in [-0.39, 0.29) is 40.1 Å². The molecule has 0 spiro atoms. The summed E-state index contributed by atoms with van der Waals surface area (Å²) in [6, 6.07) is 16.4. The lowest BCUT2D eigenvalue weighted by atomic mass is 10.2. The number of thioether (sulfide) groups is 1. The van der Waals surface area contributed by atoms with E-state index in [1.165, 1.54) is 36.4 Å². The van der Waals surface area contributed by atoms with Crippen LogP contribution in [0.5, 0.6) is 23.3 Å². The van der Waals surface area contributed by atoms with Crippen molar-refractivity contribution in [3.8, 4) is 23.3 Å². The molecule has 0 unspecified atom stereocenters. The number of imidazole rings is 1. The van der Waals surface area contributed by atoms with Crippen LogP contribution >= 0.6 is 35.0 Å². The Morgan fingerprint density at radius 3 is 2.40 bits per heavy atom. The summed E-state index contributed by atoms with van der Waals surface area (Å²) in [6.45, 7) is 1.94. The number of nitrogens with zero attached hydrogens (tertiary/aromatic N) is 5. The fourth-order valence-electron chi connectivity index (χ4n) is 5.36. The number of ether oxygens (including phenoxy) is 3. The van der Waals surface area contributed by atoms with E-state index in [1.807, 2.05) is 6.92 Å². The average molecular weight is 766 g/mol. The van der Waals surface area contributed by atoms with Crippen LogP contribution < -0.4 is 30.8 Å². The van der Waals surface area contributed by atoms with Crippen molar-refractivity contribution >= 4 is 74.9 Å². The van der Waals surface area contributed by atoms with Gasteiger partial charge < -0.3 is 19.5 Å². The molecule has 3 amide bonds. The quantitative estimate of drug-likeness (QED) is 0.167. The van der Waals surface area contributed by atoms with Gasteiger partial charge in [-0.2, -0.15) is 4.98 Å². The Morgan fingerprint density at radius 2 is 1.71 bits per heavy atom. The molecule has 1 aliphatic heterocycles. The minimum absolute atomic E-state index is 0.0324. The molecule has 14 nitrogen and oxygen atoms in total. The van der Waals surface area contributed by atoms with Crippen LogP contribution in [0.15, 0.2) is 75.2 Å². The molecule has 2 aromatic heterocycles. The second kappa shape index (κ2) is 15.0. The lowest BCUT2D eigenvalue weighted by Gasteiger charge is -2.14. The summed E-state index contributed by atoms with van der Waals surface area (Å²) >= 11 is 13.3. The number of hydrogen-bond acceptors (Lipinski definition) is 10. The van der Waals surface area contributed by atoms with E-state index >= 15 is 0 Å². The van der Waals surface area contributed by atoms with Crippen molar-refractivity contribution < 1.29 is 28.6 Å². The normalized spacial score (nSPS) is 13.7. The Morgan fingerprint density at radius 1 is 0.962 bits per heavy atom. The molecule has 5 aromatic rings. The van der Waals surface area contributed by atoms with Crippen LogP contribution in [0.25, 0.3) is 17.2 Å². The number of methoxy groups -OCH3 is 1. The highest BCUT2D eigenvalue weighted by atomic mass is 35.5. The molecule has 1 fully saturated rings. The zero-order chi connectivity index (χ0) is 37.3. The van der Waals surface area contributed by atoms with Gasteiger partial charge in [0.25, 0.3) is 16.7 Å². The Hall–Kier alpha value is -5.51. The monoisotopic (exact) mass is 764 g/mol. The third kappa shape index (κ3) is 7.28. The molecule has 1 saturated heterocycles. The maximum Gasteiger partial charge on any atom is 0.332 e. The van der Waals surface area contributed by atoms with E-state index in [2.05, 4.69) is 10.3 Å². The van der Waals surface area contributed by atoms with Gasteiger partial charge in [-0.3, -0.25) is 37.8 Å². The molecule has 0 atom stereocenters. The molecule has 6 rings (SSSR count). The smallest absolute Gasteiger partial charge is 0.332 e. The maximum atomic E-state index is 13.4. The largest absolute Gasteiger partial charge is 0.494 e. The lowest BCUT2D eigenvalue weighted by molar-refractivity contribution is -0.127. The van der Waals surface area contributed by atoms with Crippen molar-refractivity contribution in [3.05, 3.63) is 108 Å². The molecule has 17 heteroatoms. The molecule has 3 heterocycles. The molecule has 268 valence electrons. The molecule has 1 N–H and O–H groups in total. The summed E-state index contributed by atoms with van der Waals surface area (Å²) in [5, 5.41) is 2.86. The highest BCUT2D eigenvalue weighted by Gasteiger charge is 2.36. The van der Waals surface area contributed by atoms with E-state index in [4.69, 9.17) is 37.4 Å². The minimum Gasteiger partial charge on any atom is -0.494 e. The number of rotatable bonds is 11. The topological polar surface area (TPSA) is 156 Å². The van der Waals surface area contributed by atoms with Crippen LogP contribution in [0.1, 0.15) is 18.1 Å². The van der Waals surface area contributed by atoms with Crippen molar-refractivity contribution in [1.82, 2.24) is 23.6 Å². The third-order valence-electron chi connectivity index (χ3n) is 7.97. The standard InChI is InChI=1S/C35H30Cl2N6O8S/c1-5-50-23-11-9-22(10-12-23)38-28(44)18-43-31(45)27(52-35(43)48)15-19-6-13-25(26(14-19)49-4)51-33-39-30-29(32(46)41(3)34(47)40(30)2)42(33)17-20-7-8-21(36)16-24(20)37/h6-16H,5,17-18H2,1-4H3,(H,38,44). The van der Waals surface area contributed by atoms with E-state index in [0.29, 0.717) is 51.0 Å². The Labute approximate surface area is 310 Å². The van der Waals surface area contributed by atoms with E-state index in [0.717, 1.165) is 9.47 Å². The molecule has 0 bridgehead atoms. The van der Waals surface area contributed by atoms with Gasteiger partial charge >= 0.3 is 11.7 Å². The summed E-state index contributed by atoms with van der Waals surface area (Å²) in [5.74, 6) is -0.102. The molecule has 52 heavy (non-hydrogen) atoms. The molecule has 0 radical (unpaired) electrons. The zero-order valence-electron chi connectivity index (χ0n) is 28.1. The molecule has 1 aliphatic rings. The number of carbonyl (C=O) groups is 3. The summed E-state index contributed by atoms with van der Waals surface area (Å²) in [6.07, 6.45) is 1.50. The Bertz CT molecular complexity index is 2400. The predicted octanol–water partition coefficient (Wildman–Crippen LogP) is 5.66. The lowest BCUT2D eigenvalue weighted by Crippen LogP contribution is -2.37. The van der Waals surface area contributed by atoms with Crippen LogP contribution in [-0.2, 0) is 30.2 Å². The average Bonchev–Trinajstić information content (AvgIpc) is 3.60. The van der Waals surface area contributed by atoms with Crippen LogP contribution in [-0.4, -0.2) is 60.9 Å². The number of aromatic nitrogens is 4. The third-order valence-corrected chi connectivity index (χ3v) is 9.46. The number of carbonyl (C=O) groups excluding carboxylic acids is 3. The van der Waals surface area contributed by atoms with Gasteiger partial charge in [-0.15, -0.1) is 0 Å². The number of aryl methyl sites for hydroxylation is 1. The number of anilines is 1. The highest BCUT2D eigenvalue weighted by molar-refractivity contribution is 8.18. The van der Waals surface area contributed by atoms with Gasteiger partial charge in [-0.1, -0.05) is 35.3 Å². The van der Waals surface area contributed by atoms with Gasteiger partial charge in [-0.25, -0.2) is 4.79 Å². The van der Waals surface area contributed by atoms with Crippen molar-refractivity contribution in [2.75, 3.05) is 25.6 Å². The van der Waals surface area contributed by atoms with Gasteiger partial charge in [0, 0.05) is 29.8 Å². The van der Waals surface area contributed by atoms with Gasteiger partial charge in [0.15, 0.2) is 22.7 Å². The number of halogens is 2. The number of amides is 3. The number of nitrogens with one attached hydrogen (secondary N) is 1. The zero-order valence-corrected chi connectivity index (χ0v) is 30.5. The van der Waals surface area contributed by atoms with Crippen LogP contribution in [0.2, 0.25) is 10.0 Å². The summed E-state index contributed by atoms with van der Waals surface area (Å²) in [7, 11) is 4.27. The molecule has 3 aromatic carbocycles. The minimum atomic E-state index is -0.627. The van der Waals surface area contributed by atoms with Crippen molar-refractivity contribution in [3.63, 3.8) is 0 Å². The second-order valence-electron chi connectivity index (χ2n) is 11.4. The highest BCUT2D eigenvalue weighted by Crippen LogP contribution is 2.37. The fraction of sp³-hybridized carbons (Fsp3) is 0.200. The first kappa shape index (κ1) is 36.3. The van der Waals surface area contributed by atoms with E-state index in [1.54, 1.807) is 60.7 Å². The molecule has 0 saturated carbocycles. The van der Waals surface area contributed by atoms with Crippen molar-refractivity contribution in [1.29, 1.82) is 0 Å². The van der Waals surface area contributed by atoms with Gasteiger partial charge in [0.05, 0.1) is 25.2 Å². The Kier molecular flexibility index (Phi) is 10.5. The van der Waals surface area contributed by atoms with Crippen LogP contribution in [0, 0.1) is 0 Å². The van der Waals surface area contributed by atoms with Gasteiger partial charge in [0.1, 0.15) is 12.3 Å². The first-order valence-electron chi connectivity index (χ1n) is 15.6. The SMILES string of the molecule is CCOc1ccc(NC(=O)CN2C(=O)SC(=Cc3ccc(Oc4nc5c(c(=O)n(C)c(=O)n5C)n4Cc4ccc(Cl)cc4Cl)c(OC)c3)C2=O)cc1. The number of imide groups is 1. The number of hydrogen-bond donors (Lipinski definition) is 1. The van der Waals surface area contributed by atoms with Gasteiger partial charge in [0.2, 0.25) is 5.91 Å². The predicted molar refractivity (Wildman–Crippen MR) is 198 cm³/mol. The van der Waals surface area contributed by atoms with E-state index in [9.17, 15) is 24.0 Å². The maximum absolute atomic E-state index is 13.4. The summed E-state index contributed by atoms with van der Waals surface area (Å²) in [4.78, 5) is 70.2. The fourth-order valence-corrected chi connectivity index (χ4v) is 6.67. The van der Waals surface area contributed by atoms with Crippen molar-refractivity contribution in [2.45, 2.75) is 13.5 Å². The Balaban J connectivity index is 1.25. The first-order valence-corrected chi connectivity index (χ1v) is 17.2. The first-order chi connectivity index (χ1) is 24.9. The number of fused-ring (bicyclic) bond motifs is 1. The number of benzene rings is 3. The molecular weight excluding hydrogens is 735 g/mol. The molecular formula is C35H30Cl2N6O8S.